The summed E-state index contributed by atoms with van der Waals surface area (Å²) in [4.78, 5) is 23.4. The molecule has 0 atom stereocenters. The van der Waals surface area contributed by atoms with Gasteiger partial charge in [-0.15, -0.1) is 0 Å². The summed E-state index contributed by atoms with van der Waals surface area (Å²) in [7, 11) is 1.24. The van der Waals surface area contributed by atoms with E-state index < -0.39 is 17.7 Å². The Kier molecular flexibility index (Phi) is 5.65. The third-order valence-electron chi connectivity index (χ3n) is 2.99. The van der Waals surface area contributed by atoms with Crippen LogP contribution in [0.4, 0.5) is 10.1 Å². The van der Waals surface area contributed by atoms with Crippen molar-refractivity contribution in [3.05, 3.63) is 70.0 Å². The molecule has 0 aliphatic heterocycles. The molecule has 0 heterocycles. The Morgan fingerprint density at radius 2 is 1.87 bits per heavy atom. The molecule has 0 radical (unpaired) electrons. The molecule has 0 aliphatic rings. The number of anilines is 1. The van der Waals surface area contributed by atoms with Gasteiger partial charge >= 0.3 is 5.97 Å². The van der Waals surface area contributed by atoms with E-state index in [2.05, 4.69) is 26.0 Å². The van der Waals surface area contributed by atoms with E-state index in [-0.39, 0.29) is 5.69 Å². The number of para-hydroxylation sites is 1. The fraction of sp³-hybridized carbons (Fsp3) is 0.0588. The van der Waals surface area contributed by atoms with Gasteiger partial charge in [-0.25, -0.2) is 9.18 Å². The molecule has 0 saturated carbocycles. The zero-order chi connectivity index (χ0) is 16.8. The first-order valence-corrected chi connectivity index (χ1v) is 7.42. The molecule has 0 fully saturated rings. The van der Waals surface area contributed by atoms with Crippen LogP contribution in [0.3, 0.4) is 0 Å². The lowest BCUT2D eigenvalue weighted by atomic mass is 10.1. The van der Waals surface area contributed by atoms with Gasteiger partial charge in [0, 0.05) is 21.7 Å². The number of benzene rings is 2. The summed E-state index contributed by atoms with van der Waals surface area (Å²) < 4.78 is 19.4. The van der Waals surface area contributed by atoms with Crippen LogP contribution in [-0.2, 0) is 9.53 Å². The summed E-state index contributed by atoms with van der Waals surface area (Å²) in [6.07, 6.45) is 2.54. The zero-order valence-electron chi connectivity index (χ0n) is 12.2. The van der Waals surface area contributed by atoms with Crippen LogP contribution in [0.2, 0.25) is 0 Å². The van der Waals surface area contributed by atoms with Gasteiger partial charge in [0.25, 0.3) is 5.91 Å². The van der Waals surface area contributed by atoms with E-state index in [9.17, 15) is 14.0 Å². The van der Waals surface area contributed by atoms with Crippen molar-refractivity contribution in [2.24, 2.45) is 0 Å². The number of hydrogen-bond acceptors (Lipinski definition) is 3. The van der Waals surface area contributed by atoms with Gasteiger partial charge in [-0.2, -0.15) is 0 Å². The van der Waals surface area contributed by atoms with E-state index in [1.54, 1.807) is 30.3 Å². The van der Waals surface area contributed by atoms with Crippen LogP contribution in [-0.4, -0.2) is 19.0 Å². The Hall–Kier alpha value is -2.47. The van der Waals surface area contributed by atoms with E-state index in [0.717, 1.165) is 10.5 Å². The minimum atomic E-state index is -0.595. The Morgan fingerprint density at radius 1 is 1.17 bits per heavy atom. The second-order valence-electron chi connectivity index (χ2n) is 4.52. The van der Waals surface area contributed by atoms with Crippen LogP contribution in [0.25, 0.3) is 6.08 Å². The van der Waals surface area contributed by atoms with Crippen LogP contribution < -0.4 is 5.32 Å². The molecular weight excluding hydrogens is 365 g/mol. The lowest BCUT2D eigenvalue weighted by molar-refractivity contribution is -0.134. The molecule has 6 heteroatoms. The maximum atomic E-state index is 14.0. The number of amides is 1. The summed E-state index contributed by atoms with van der Waals surface area (Å²) in [5.41, 5.74) is 0.751. The van der Waals surface area contributed by atoms with Crippen molar-refractivity contribution in [1.29, 1.82) is 0 Å². The quantitative estimate of drug-likeness (QED) is 0.646. The molecule has 0 bridgehead atoms. The van der Waals surface area contributed by atoms with Crippen LogP contribution >= 0.6 is 15.9 Å². The maximum absolute atomic E-state index is 14.0. The molecule has 1 amide bonds. The van der Waals surface area contributed by atoms with Crippen molar-refractivity contribution in [3.63, 3.8) is 0 Å². The average molecular weight is 378 g/mol. The molecule has 2 aromatic rings. The summed E-state index contributed by atoms with van der Waals surface area (Å²) in [6, 6.07) is 11.0. The zero-order valence-corrected chi connectivity index (χ0v) is 13.8. The number of methoxy groups -OCH3 is 1. The molecule has 2 rings (SSSR count). The van der Waals surface area contributed by atoms with Crippen LogP contribution in [0.15, 0.2) is 53.0 Å². The normalized spacial score (nSPS) is 10.6. The van der Waals surface area contributed by atoms with E-state index in [1.165, 1.54) is 25.3 Å². The number of esters is 1. The molecule has 0 unspecified atom stereocenters. The van der Waals surface area contributed by atoms with Crippen molar-refractivity contribution in [3.8, 4) is 0 Å². The Morgan fingerprint density at radius 3 is 2.52 bits per heavy atom. The number of halogens is 2. The van der Waals surface area contributed by atoms with Gasteiger partial charge in [0.05, 0.1) is 12.8 Å². The minimum absolute atomic E-state index is 0.000529. The van der Waals surface area contributed by atoms with Gasteiger partial charge in [-0.1, -0.05) is 28.1 Å². The van der Waals surface area contributed by atoms with Crippen molar-refractivity contribution in [2.75, 3.05) is 12.4 Å². The predicted octanol–water partition coefficient (Wildman–Crippen LogP) is 4.03. The monoisotopic (exact) mass is 377 g/mol. The van der Waals surface area contributed by atoms with Crippen LogP contribution in [0, 0.1) is 5.82 Å². The van der Waals surface area contributed by atoms with Gasteiger partial charge in [-0.05, 0) is 36.4 Å². The largest absolute Gasteiger partial charge is 0.466 e. The van der Waals surface area contributed by atoms with E-state index in [0.29, 0.717) is 11.1 Å². The average Bonchev–Trinajstić information content (AvgIpc) is 2.55. The number of carbonyl (C=O) groups excluding carboxylic acids is 2. The predicted molar refractivity (Wildman–Crippen MR) is 89.5 cm³/mol. The van der Waals surface area contributed by atoms with Gasteiger partial charge in [-0.3, -0.25) is 4.79 Å². The number of nitrogens with one attached hydrogen (secondary N) is 1. The summed E-state index contributed by atoms with van der Waals surface area (Å²) in [5, 5.41) is 2.52. The number of ether oxygens (including phenoxy) is 1. The highest BCUT2D eigenvalue weighted by Gasteiger charge is 2.12. The Labute approximate surface area is 141 Å². The lowest BCUT2D eigenvalue weighted by Crippen LogP contribution is -2.14. The molecule has 2 aromatic carbocycles. The smallest absolute Gasteiger partial charge is 0.330 e. The number of carbonyl (C=O) groups is 2. The first-order valence-electron chi connectivity index (χ1n) is 6.62. The highest BCUT2D eigenvalue weighted by molar-refractivity contribution is 9.10. The molecule has 0 saturated heterocycles. The Balaban J connectivity index is 2.28. The van der Waals surface area contributed by atoms with Crippen LogP contribution in [0.5, 0.6) is 0 Å². The topological polar surface area (TPSA) is 55.4 Å². The molecule has 118 valence electrons. The second kappa shape index (κ2) is 7.69. The number of hydrogen-bond donors (Lipinski definition) is 1. The van der Waals surface area contributed by atoms with Gasteiger partial charge in [0.1, 0.15) is 5.82 Å². The molecular formula is C17H13BrFNO3. The highest BCUT2D eigenvalue weighted by atomic mass is 79.9. The third-order valence-corrected chi connectivity index (χ3v) is 3.52. The van der Waals surface area contributed by atoms with E-state index in [4.69, 9.17) is 0 Å². The maximum Gasteiger partial charge on any atom is 0.330 e. The van der Waals surface area contributed by atoms with Gasteiger partial charge < -0.3 is 10.1 Å². The van der Waals surface area contributed by atoms with Crippen molar-refractivity contribution in [2.45, 2.75) is 0 Å². The lowest BCUT2D eigenvalue weighted by Gasteiger charge is -2.10. The van der Waals surface area contributed by atoms with Crippen molar-refractivity contribution < 1.29 is 18.7 Å². The standard InChI is InChI=1S/C17H13BrFNO3/c1-23-15(21)10-7-11-3-2-4-14(19)16(11)20-17(22)12-5-8-13(18)9-6-12/h2-10H,1H3,(H,20,22). The molecule has 1 N–H and O–H groups in total. The molecule has 0 spiro atoms. The Bertz CT molecular complexity index is 757. The van der Waals surface area contributed by atoms with Gasteiger partial charge in [0.15, 0.2) is 0 Å². The summed E-state index contributed by atoms with van der Waals surface area (Å²) in [6.45, 7) is 0. The summed E-state index contributed by atoms with van der Waals surface area (Å²) in [5.74, 6) is -1.61. The fourth-order valence-corrected chi connectivity index (χ4v) is 2.09. The molecule has 4 nitrogen and oxygen atoms in total. The second-order valence-corrected chi connectivity index (χ2v) is 5.44. The summed E-state index contributed by atoms with van der Waals surface area (Å²) >= 11 is 3.28. The first-order chi connectivity index (χ1) is 11.0. The molecule has 23 heavy (non-hydrogen) atoms. The highest BCUT2D eigenvalue weighted by Crippen LogP contribution is 2.22. The first kappa shape index (κ1) is 16.9. The van der Waals surface area contributed by atoms with Gasteiger partial charge in [0.2, 0.25) is 0 Å². The SMILES string of the molecule is COC(=O)C=Cc1cccc(F)c1NC(=O)c1ccc(Br)cc1. The number of rotatable bonds is 4. The van der Waals surface area contributed by atoms with Crippen LogP contribution in [0.1, 0.15) is 15.9 Å². The van der Waals surface area contributed by atoms with Crippen molar-refractivity contribution >= 4 is 39.6 Å². The fourth-order valence-electron chi connectivity index (χ4n) is 1.82. The molecule has 0 aliphatic carbocycles. The van der Waals surface area contributed by atoms with E-state index in [1.807, 2.05) is 0 Å². The van der Waals surface area contributed by atoms with Crippen molar-refractivity contribution in [1.82, 2.24) is 0 Å². The third kappa shape index (κ3) is 4.50. The van der Waals surface area contributed by atoms with E-state index >= 15 is 0 Å². The molecule has 0 aromatic heterocycles. The minimum Gasteiger partial charge on any atom is -0.466 e.